The monoisotopic (exact) mass is 365 g/mol. The predicted octanol–water partition coefficient (Wildman–Crippen LogP) is 2.83. The Morgan fingerprint density at radius 1 is 1.32 bits per heavy atom. The highest BCUT2D eigenvalue weighted by atomic mass is 32.1. The van der Waals surface area contributed by atoms with Crippen molar-refractivity contribution in [2.75, 3.05) is 5.32 Å². The van der Waals surface area contributed by atoms with Crippen LogP contribution in [0.25, 0.3) is 11.3 Å². The zero-order valence-electron chi connectivity index (χ0n) is 12.3. The summed E-state index contributed by atoms with van der Waals surface area (Å²) >= 11 is 0.996. The van der Waals surface area contributed by atoms with Crippen LogP contribution in [0.2, 0.25) is 0 Å². The molecule has 128 valence electrons. The van der Waals surface area contributed by atoms with Gasteiger partial charge in [0, 0.05) is 5.38 Å². The van der Waals surface area contributed by atoms with Gasteiger partial charge in [0.05, 0.1) is 28.6 Å². The number of nitrogens with zero attached hydrogens (tertiary/aromatic N) is 4. The lowest BCUT2D eigenvalue weighted by atomic mass is 10.1. The van der Waals surface area contributed by atoms with Crippen molar-refractivity contribution in [1.29, 1.82) is 0 Å². The molecule has 0 unspecified atom stereocenters. The number of nitro groups is 1. The van der Waals surface area contributed by atoms with E-state index in [1.54, 1.807) is 0 Å². The summed E-state index contributed by atoms with van der Waals surface area (Å²) in [6, 6.07) is 4.63. The van der Waals surface area contributed by atoms with E-state index in [9.17, 15) is 23.7 Å². The molecule has 3 rings (SSSR count). The number of benzene rings is 1. The molecule has 1 amide bonds. The van der Waals surface area contributed by atoms with E-state index < -0.39 is 22.5 Å². The normalized spacial score (nSPS) is 10.6. The van der Waals surface area contributed by atoms with Crippen LogP contribution in [0.1, 0.15) is 0 Å². The number of rotatable bonds is 5. The van der Waals surface area contributed by atoms with Crippen LogP contribution in [-0.2, 0) is 11.3 Å². The van der Waals surface area contributed by atoms with Gasteiger partial charge in [-0.1, -0.05) is 6.07 Å². The van der Waals surface area contributed by atoms with E-state index in [1.165, 1.54) is 17.6 Å². The number of amides is 1. The summed E-state index contributed by atoms with van der Waals surface area (Å²) < 4.78 is 28.6. The first-order valence-corrected chi connectivity index (χ1v) is 7.69. The zero-order valence-corrected chi connectivity index (χ0v) is 13.2. The highest BCUT2D eigenvalue weighted by Gasteiger charge is 2.17. The molecule has 0 bridgehead atoms. The van der Waals surface area contributed by atoms with Crippen LogP contribution < -0.4 is 5.32 Å². The van der Waals surface area contributed by atoms with Crippen molar-refractivity contribution in [2.24, 2.45) is 0 Å². The molecule has 0 aliphatic carbocycles. The number of nitrogens with one attached hydrogen (secondary N) is 1. The first-order chi connectivity index (χ1) is 11.9. The number of aromatic nitrogens is 3. The molecule has 0 aliphatic rings. The van der Waals surface area contributed by atoms with Gasteiger partial charge in [-0.3, -0.25) is 4.79 Å². The second-order valence-electron chi connectivity index (χ2n) is 4.81. The standard InChI is InChI=1S/C14H9F2N5O3S/c15-8-2-1-3-9(16)13(8)10-7-25-14(17-10)18-12(22)6-20-5-4-11(19-20)21(23)24/h1-5,7H,6H2,(H,17,18,22). The maximum atomic E-state index is 13.7. The van der Waals surface area contributed by atoms with Gasteiger partial charge in [-0.25, -0.2) is 13.8 Å². The Hall–Kier alpha value is -3.21. The summed E-state index contributed by atoms with van der Waals surface area (Å²) in [4.78, 5) is 25.8. The number of anilines is 1. The summed E-state index contributed by atoms with van der Waals surface area (Å²) in [5.41, 5.74) is -0.215. The number of carbonyl (C=O) groups is 1. The van der Waals surface area contributed by atoms with Crippen LogP contribution in [-0.4, -0.2) is 25.6 Å². The smallest absolute Gasteiger partial charge is 0.358 e. The van der Waals surface area contributed by atoms with Gasteiger partial charge < -0.3 is 15.4 Å². The van der Waals surface area contributed by atoms with Crippen LogP contribution in [0.5, 0.6) is 0 Å². The molecule has 8 nitrogen and oxygen atoms in total. The van der Waals surface area contributed by atoms with E-state index in [-0.39, 0.29) is 28.8 Å². The van der Waals surface area contributed by atoms with Crippen molar-refractivity contribution >= 4 is 28.2 Å². The molecule has 1 aromatic carbocycles. The van der Waals surface area contributed by atoms with Crippen LogP contribution in [0.15, 0.2) is 35.8 Å². The molecule has 0 atom stereocenters. The molecule has 2 heterocycles. The van der Waals surface area contributed by atoms with E-state index >= 15 is 0 Å². The average Bonchev–Trinajstić information content (AvgIpc) is 3.17. The molecular formula is C14H9F2N5O3S. The molecule has 0 fully saturated rings. The number of halogens is 2. The topological polar surface area (TPSA) is 103 Å². The van der Waals surface area contributed by atoms with Gasteiger partial charge in [-0.2, -0.15) is 4.68 Å². The minimum atomic E-state index is -0.757. The third-order valence-electron chi connectivity index (χ3n) is 3.09. The SMILES string of the molecule is O=C(Cn1ccc([N+](=O)[O-])n1)Nc1nc(-c2c(F)cccc2F)cs1. The molecule has 0 saturated heterocycles. The third-order valence-corrected chi connectivity index (χ3v) is 3.85. The molecule has 0 radical (unpaired) electrons. The van der Waals surface area contributed by atoms with Crippen molar-refractivity contribution in [2.45, 2.75) is 6.54 Å². The maximum absolute atomic E-state index is 13.7. The highest BCUT2D eigenvalue weighted by Crippen LogP contribution is 2.29. The number of thiazole rings is 1. The van der Waals surface area contributed by atoms with Gasteiger partial charge in [0.1, 0.15) is 18.2 Å². The molecule has 2 aromatic heterocycles. The van der Waals surface area contributed by atoms with Crippen LogP contribution in [0, 0.1) is 21.7 Å². The summed E-state index contributed by atoms with van der Waals surface area (Å²) in [6.07, 6.45) is 1.29. The minimum absolute atomic E-state index is 0.0608. The van der Waals surface area contributed by atoms with Gasteiger partial charge in [-0.05, 0) is 17.1 Å². The first kappa shape index (κ1) is 16.6. The second-order valence-corrected chi connectivity index (χ2v) is 5.67. The van der Waals surface area contributed by atoms with Gasteiger partial charge >= 0.3 is 5.82 Å². The first-order valence-electron chi connectivity index (χ1n) is 6.81. The minimum Gasteiger partial charge on any atom is -0.358 e. The largest absolute Gasteiger partial charge is 0.389 e. The lowest BCUT2D eigenvalue weighted by molar-refractivity contribution is -0.389. The van der Waals surface area contributed by atoms with E-state index in [4.69, 9.17) is 0 Å². The maximum Gasteiger partial charge on any atom is 0.389 e. The third kappa shape index (κ3) is 3.66. The van der Waals surface area contributed by atoms with E-state index in [2.05, 4.69) is 15.4 Å². The van der Waals surface area contributed by atoms with Crippen molar-refractivity contribution < 1.29 is 18.5 Å². The predicted molar refractivity (Wildman–Crippen MR) is 85.0 cm³/mol. The number of carbonyl (C=O) groups excluding carboxylic acids is 1. The molecule has 0 spiro atoms. The Kier molecular flexibility index (Phi) is 4.48. The van der Waals surface area contributed by atoms with Crippen LogP contribution >= 0.6 is 11.3 Å². The highest BCUT2D eigenvalue weighted by molar-refractivity contribution is 7.14. The summed E-state index contributed by atoms with van der Waals surface area (Å²) in [5, 5.41) is 18.2. The fourth-order valence-electron chi connectivity index (χ4n) is 2.03. The van der Waals surface area contributed by atoms with Crippen LogP contribution in [0.4, 0.5) is 19.7 Å². The van der Waals surface area contributed by atoms with Crippen LogP contribution in [0.3, 0.4) is 0 Å². The van der Waals surface area contributed by atoms with Crippen molar-refractivity contribution in [3.05, 3.63) is 57.6 Å². The fourth-order valence-corrected chi connectivity index (χ4v) is 2.75. The van der Waals surface area contributed by atoms with Crippen molar-refractivity contribution in [1.82, 2.24) is 14.8 Å². The Morgan fingerprint density at radius 3 is 2.68 bits per heavy atom. The summed E-state index contributed by atoms with van der Waals surface area (Å²) in [5.74, 6) is -2.42. The quantitative estimate of drug-likeness (QED) is 0.553. The number of hydrogen-bond acceptors (Lipinski definition) is 6. The summed E-state index contributed by atoms with van der Waals surface area (Å²) in [7, 11) is 0. The molecule has 11 heteroatoms. The molecular weight excluding hydrogens is 356 g/mol. The van der Waals surface area contributed by atoms with Crippen molar-refractivity contribution in [3.63, 3.8) is 0 Å². The van der Waals surface area contributed by atoms with Gasteiger partial charge in [-0.15, -0.1) is 11.3 Å². The summed E-state index contributed by atoms with van der Waals surface area (Å²) in [6.45, 7) is -0.267. The van der Waals surface area contributed by atoms with Gasteiger partial charge in [0.25, 0.3) is 0 Å². The Morgan fingerprint density at radius 2 is 2.04 bits per heavy atom. The zero-order chi connectivity index (χ0) is 18.0. The van der Waals surface area contributed by atoms with Crippen molar-refractivity contribution in [3.8, 4) is 11.3 Å². The van der Waals surface area contributed by atoms with Gasteiger partial charge in [0.2, 0.25) is 5.91 Å². The van der Waals surface area contributed by atoms with Gasteiger partial charge in [0.15, 0.2) is 5.13 Å². The Bertz CT molecular complexity index is 935. The lowest BCUT2D eigenvalue weighted by Gasteiger charge is -2.01. The average molecular weight is 365 g/mol. The van der Waals surface area contributed by atoms with E-state index in [0.29, 0.717) is 0 Å². The lowest BCUT2D eigenvalue weighted by Crippen LogP contribution is -2.19. The number of hydrogen-bond donors (Lipinski definition) is 1. The van der Waals surface area contributed by atoms with E-state index in [0.717, 1.165) is 34.2 Å². The fraction of sp³-hybridized carbons (Fsp3) is 0.0714. The molecule has 25 heavy (non-hydrogen) atoms. The molecule has 1 N–H and O–H groups in total. The second kappa shape index (κ2) is 6.73. The molecule has 0 aliphatic heterocycles. The Labute approximate surface area is 142 Å². The Balaban J connectivity index is 1.70. The molecule has 0 saturated carbocycles. The van der Waals surface area contributed by atoms with E-state index in [1.807, 2.05) is 0 Å². The molecule has 3 aromatic rings.